The summed E-state index contributed by atoms with van der Waals surface area (Å²) in [6.07, 6.45) is -0.461. The van der Waals surface area contributed by atoms with Crippen LogP contribution in [-0.2, 0) is 14.9 Å². The second-order valence-electron chi connectivity index (χ2n) is 7.94. The van der Waals surface area contributed by atoms with Gasteiger partial charge in [-0.2, -0.15) is 9.97 Å². The van der Waals surface area contributed by atoms with Gasteiger partial charge in [0.05, 0.1) is 0 Å². The molecule has 1 amide bonds. The fourth-order valence-electron chi connectivity index (χ4n) is 3.42. The third kappa shape index (κ3) is 4.20. The molecule has 1 atom stereocenters. The number of carbonyl (C=O) groups excluding carboxylic acids is 1. The fourth-order valence-corrected chi connectivity index (χ4v) is 3.71. The minimum absolute atomic E-state index is 0.0282. The van der Waals surface area contributed by atoms with E-state index in [0.717, 1.165) is 0 Å². The van der Waals surface area contributed by atoms with Gasteiger partial charge in [0, 0.05) is 16.5 Å². The lowest BCUT2D eigenvalue weighted by Gasteiger charge is -2.15. The number of carboxylic acids is 1. The summed E-state index contributed by atoms with van der Waals surface area (Å²) in [7, 11) is 0. The largest absolute Gasteiger partial charge is 0.480 e. The van der Waals surface area contributed by atoms with Crippen LogP contribution in [0.2, 0.25) is 5.02 Å². The number of oxazole rings is 2. The molecule has 0 radical (unpaired) electrons. The summed E-state index contributed by atoms with van der Waals surface area (Å²) in [5.41, 5.74) is -0.0105. The molecule has 1 fully saturated rings. The van der Waals surface area contributed by atoms with Crippen LogP contribution in [0.15, 0.2) is 37.6 Å². The number of ether oxygens (including phenoxy) is 1. The van der Waals surface area contributed by atoms with Gasteiger partial charge >= 0.3 is 12.1 Å². The van der Waals surface area contributed by atoms with Gasteiger partial charge in [-0.1, -0.05) is 35.0 Å². The van der Waals surface area contributed by atoms with Gasteiger partial charge in [0.1, 0.15) is 17.2 Å². The summed E-state index contributed by atoms with van der Waals surface area (Å²) in [4.78, 5) is 32.1. The first kappa shape index (κ1) is 22.5. The van der Waals surface area contributed by atoms with Crippen LogP contribution in [-0.4, -0.2) is 32.3 Å². The highest BCUT2D eigenvalue weighted by molar-refractivity contribution is 6.31. The normalized spacial score (nSPS) is 14.7. The molecule has 0 aliphatic heterocycles. The highest BCUT2D eigenvalue weighted by Crippen LogP contribution is 2.48. The van der Waals surface area contributed by atoms with Crippen molar-refractivity contribution in [2.45, 2.75) is 38.2 Å². The van der Waals surface area contributed by atoms with Gasteiger partial charge in [-0.25, -0.2) is 4.79 Å². The van der Waals surface area contributed by atoms with Crippen LogP contribution < -0.4 is 5.32 Å². The van der Waals surface area contributed by atoms with E-state index in [1.165, 1.54) is 0 Å². The second-order valence-corrected chi connectivity index (χ2v) is 8.35. The molecule has 1 aromatic carbocycles. The predicted molar refractivity (Wildman–Crippen MR) is 120 cm³/mol. The number of hydrogen-bond donors (Lipinski definition) is 2. The van der Waals surface area contributed by atoms with Crippen molar-refractivity contribution in [1.29, 1.82) is 0 Å². The van der Waals surface area contributed by atoms with Crippen LogP contribution >= 0.6 is 11.6 Å². The topological polar surface area (TPSA) is 154 Å². The van der Waals surface area contributed by atoms with E-state index < -0.39 is 23.6 Å². The van der Waals surface area contributed by atoms with Crippen LogP contribution in [0.1, 0.15) is 54.7 Å². The van der Waals surface area contributed by atoms with Crippen molar-refractivity contribution >= 4 is 40.8 Å². The van der Waals surface area contributed by atoms with Gasteiger partial charge in [0.25, 0.3) is 17.3 Å². The quantitative estimate of drug-likeness (QED) is 0.375. The highest BCUT2D eigenvalue weighted by Gasteiger charge is 2.56. The number of amides is 1. The van der Waals surface area contributed by atoms with Crippen molar-refractivity contribution < 1.29 is 32.8 Å². The summed E-state index contributed by atoms with van der Waals surface area (Å²) in [5, 5.41) is 16.3. The minimum Gasteiger partial charge on any atom is -0.480 e. The number of halogens is 1. The Morgan fingerprint density at radius 1 is 1.20 bits per heavy atom. The number of nitrogens with one attached hydrogen (secondary N) is 1. The number of carboxylic acid groups (broad SMARTS) is 1. The van der Waals surface area contributed by atoms with E-state index in [0.29, 0.717) is 29.2 Å². The van der Waals surface area contributed by atoms with Gasteiger partial charge in [-0.15, -0.1) is 0 Å². The first-order valence-corrected chi connectivity index (χ1v) is 10.9. The van der Waals surface area contributed by atoms with E-state index in [9.17, 15) is 14.7 Å². The maximum absolute atomic E-state index is 12.4. The highest BCUT2D eigenvalue weighted by atomic mass is 35.5. The maximum Gasteiger partial charge on any atom is 0.412 e. The molecule has 1 saturated carbocycles. The first-order valence-electron chi connectivity index (χ1n) is 10.5. The van der Waals surface area contributed by atoms with Crippen molar-refractivity contribution in [3.63, 3.8) is 0 Å². The number of fused-ring (bicyclic) bond motifs is 1. The van der Waals surface area contributed by atoms with Crippen molar-refractivity contribution in [3.8, 4) is 11.8 Å². The van der Waals surface area contributed by atoms with Gasteiger partial charge in [0.2, 0.25) is 5.89 Å². The average molecular weight is 497 g/mol. The zero-order valence-electron chi connectivity index (χ0n) is 18.4. The third-order valence-electron chi connectivity index (χ3n) is 5.55. The van der Waals surface area contributed by atoms with E-state index in [1.807, 2.05) is 0 Å². The number of nitrogens with zero attached hydrogens (tertiary/aromatic N) is 3. The number of aryl methyl sites for hydroxylation is 1. The number of aromatic nitrogens is 3. The number of hydrogen-bond acceptors (Lipinski definition) is 9. The summed E-state index contributed by atoms with van der Waals surface area (Å²) >= 11 is 6.16. The van der Waals surface area contributed by atoms with Crippen molar-refractivity contribution in [2.75, 3.05) is 5.32 Å². The van der Waals surface area contributed by atoms with E-state index in [-0.39, 0.29) is 34.6 Å². The lowest BCUT2D eigenvalue weighted by molar-refractivity contribution is -0.140. The standard InChI is InChI=1S/C23H17ClN4O7/c1-11(13-5-3-4-6-14(13)24)32-22(31)26-17-12(2)35-28-15(17)7-8-16-25-18-19(33-16)27-20(34-18)23(9-10-23)21(29)30/h3-6,11H,9-10H2,1-2H3,(H,26,31)(H,29,30). The lowest BCUT2D eigenvalue weighted by atomic mass is 10.1. The van der Waals surface area contributed by atoms with Gasteiger partial charge < -0.3 is 23.2 Å². The Hall–Kier alpha value is -4.30. The number of anilines is 1. The van der Waals surface area contributed by atoms with E-state index in [1.54, 1.807) is 38.1 Å². The molecule has 11 nitrogen and oxygen atoms in total. The Labute approximate surface area is 202 Å². The molecule has 35 heavy (non-hydrogen) atoms. The molecule has 1 aliphatic rings. The first-order chi connectivity index (χ1) is 16.8. The molecule has 178 valence electrons. The van der Waals surface area contributed by atoms with Crippen LogP contribution in [0.5, 0.6) is 0 Å². The molecule has 1 unspecified atom stereocenters. The Balaban J connectivity index is 1.30. The van der Waals surface area contributed by atoms with Crippen LogP contribution in [0.25, 0.3) is 11.4 Å². The molecule has 0 spiro atoms. The zero-order valence-corrected chi connectivity index (χ0v) is 19.2. The van der Waals surface area contributed by atoms with Crippen molar-refractivity contribution in [2.24, 2.45) is 0 Å². The Morgan fingerprint density at radius 3 is 2.63 bits per heavy atom. The molecule has 4 aromatic rings. The minimum atomic E-state index is -1.11. The smallest absolute Gasteiger partial charge is 0.412 e. The maximum atomic E-state index is 12.4. The molecular weight excluding hydrogens is 480 g/mol. The predicted octanol–water partition coefficient (Wildman–Crippen LogP) is 4.59. The molecule has 3 heterocycles. The molecule has 2 N–H and O–H groups in total. The molecule has 0 bridgehead atoms. The van der Waals surface area contributed by atoms with Gasteiger partial charge in [0.15, 0.2) is 11.5 Å². The number of rotatable bonds is 5. The van der Waals surface area contributed by atoms with Gasteiger partial charge in [-0.05, 0) is 38.7 Å². The Kier molecular flexibility index (Phi) is 5.45. The van der Waals surface area contributed by atoms with E-state index >= 15 is 0 Å². The zero-order chi connectivity index (χ0) is 24.7. The molecule has 12 heteroatoms. The lowest BCUT2D eigenvalue weighted by Crippen LogP contribution is -2.19. The summed E-state index contributed by atoms with van der Waals surface area (Å²) in [6, 6.07) is 7.04. The van der Waals surface area contributed by atoms with Crippen LogP contribution in [0.4, 0.5) is 10.5 Å². The molecular formula is C23H17ClN4O7. The molecule has 1 aliphatic carbocycles. The number of benzene rings is 1. The van der Waals surface area contributed by atoms with E-state index in [4.69, 9.17) is 29.7 Å². The van der Waals surface area contributed by atoms with Crippen molar-refractivity contribution in [1.82, 2.24) is 15.1 Å². The Morgan fingerprint density at radius 2 is 1.94 bits per heavy atom. The van der Waals surface area contributed by atoms with Crippen molar-refractivity contribution in [3.05, 3.63) is 58.1 Å². The molecule has 0 saturated heterocycles. The fraction of sp³-hybridized carbons (Fsp3) is 0.261. The number of carbonyl (C=O) groups is 2. The van der Waals surface area contributed by atoms with E-state index in [2.05, 4.69) is 32.3 Å². The second kappa shape index (κ2) is 8.48. The summed E-state index contributed by atoms with van der Waals surface area (Å²) in [5.74, 6) is 4.72. The van der Waals surface area contributed by atoms with Crippen LogP contribution in [0.3, 0.4) is 0 Å². The third-order valence-corrected chi connectivity index (χ3v) is 5.89. The van der Waals surface area contributed by atoms with Crippen LogP contribution in [0, 0.1) is 18.8 Å². The SMILES string of the molecule is Cc1onc(C#Cc2nc3oc(C4(C(=O)O)CC4)nc3o2)c1NC(=O)OC(C)c1ccccc1Cl. The average Bonchev–Trinajstić information content (AvgIpc) is 3.25. The summed E-state index contributed by atoms with van der Waals surface area (Å²) < 4.78 is 21.5. The Bertz CT molecular complexity index is 1490. The summed E-state index contributed by atoms with van der Waals surface area (Å²) in [6.45, 7) is 3.30. The molecule has 3 aromatic heterocycles. The molecule has 5 rings (SSSR count). The number of aliphatic carboxylic acids is 1. The monoisotopic (exact) mass is 496 g/mol. The van der Waals surface area contributed by atoms with Gasteiger partial charge in [-0.3, -0.25) is 10.1 Å².